The summed E-state index contributed by atoms with van der Waals surface area (Å²) in [5.74, 6) is -2.43. The van der Waals surface area contributed by atoms with Gasteiger partial charge in [0.25, 0.3) is 0 Å². The van der Waals surface area contributed by atoms with Crippen LogP contribution in [0, 0.1) is 5.82 Å². The monoisotopic (exact) mass is 401 g/mol. The van der Waals surface area contributed by atoms with Gasteiger partial charge in [-0.15, -0.1) is 0 Å². The van der Waals surface area contributed by atoms with E-state index in [-0.39, 0.29) is 33.6 Å². The summed E-state index contributed by atoms with van der Waals surface area (Å²) in [5, 5.41) is 20.6. The maximum absolute atomic E-state index is 13.1. The third-order valence-corrected chi connectivity index (χ3v) is 4.84. The van der Waals surface area contributed by atoms with E-state index in [4.69, 9.17) is 0 Å². The topological polar surface area (TPSA) is 87.5 Å². The third kappa shape index (κ3) is 3.63. The van der Waals surface area contributed by atoms with Gasteiger partial charge in [0.1, 0.15) is 11.3 Å². The van der Waals surface area contributed by atoms with Crippen molar-refractivity contribution >= 4 is 22.7 Å². The van der Waals surface area contributed by atoms with E-state index in [1.54, 1.807) is 48.5 Å². The first-order valence-electron chi connectivity index (χ1n) is 9.16. The Bertz CT molecular complexity index is 1270. The first kappa shape index (κ1) is 19.3. The van der Waals surface area contributed by atoms with Crippen LogP contribution in [0.4, 0.5) is 4.39 Å². The van der Waals surface area contributed by atoms with Gasteiger partial charge < -0.3 is 10.2 Å². The number of aromatic carboxylic acids is 1. The van der Waals surface area contributed by atoms with E-state index >= 15 is 0 Å². The predicted octanol–water partition coefficient (Wildman–Crippen LogP) is 4.60. The van der Waals surface area contributed by atoms with Crippen molar-refractivity contribution in [2.75, 3.05) is 0 Å². The van der Waals surface area contributed by atoms with Crippen LogP contribution in [0.15, 0.2) is 72.9 Å². The lowest BCUT2D eigenvalue weighted by Gasteiger charge is -2.11. The Balaban J connectivity index is 1.82. The molecule has 0 saturated carbocycles. The van der Waals surface area contributed by atoms with Crippen molar-refractivity contribution in [1.82, 2.24) is 4.98 Å². The molecule has 5 nitrogen and oxygen atoms in total. The number of phenols is 1. The number of benzene rings is 3. The molecule has 0 bridgehead atoms. The van der Waals surface area contributed by atoms with E-state index in [1.165, 1.54) is 24.4 Å². The Morgan fingerprint density at radius 3 is 2.27 bits per heavy atom. The van der Waals surface area contributed by atoms with Gasteiger partial charge in [0.2, 0.25) is 0 Å². The normalized spacial score (nSPS) is 10.8. The fourth-order valence-corrected chi connectivity index (χ4v) is 3.35. The highest BCUT2D eigenvalue weighted by molar-refractivity contribution is 6.16. The molecule has 148 valence electrons. The van der Waals surface area contributed by atoms with E-state index in [0.29, 0.717) is 17.5 Å². The minimum Gasteiger partial charge on any atom is -0.505 e. The molecule has 0 aliphatic carbocycles. The Morgan fingerprint density at radius 2 is 1.60 bits per heavy atom. The number of halogens is 1. The summed E-state index contributed by atoms with van der Waals surface area (Å²) < 4.78 is 13.1. The molecule has 2 N–H and O–H groups in total. The van der Waals surface area contributed by atoms with Crippen LogP contribution in [0.2, 0.25) is 0 Å². The highest BCUT2D eigenvalue weighted by Crippen LogP contribution is 2.33. The summed E-state index contributed by atoms with van der Waals surface area (Å²) in [7, 11) is 0. The Hall–Kier alpha value is -4.06. The zero-order valence-electron chi connectivity index (χ0n) is 15.7. The average Bonchev–Trinajstić information content (AvgIpc) is 2.75. The van der Waals surface area contributed by atoms with E-state index in [2.05, 4.69) is 4.98 Å². The molecule has 0 radical (unpaired) electrons. The van der Waals surface area contributed by atoms with Crippen molar-refractivity contribution in [3.63, 3.8) is 0 Å². The van der Waals surface area contributed by atoms with Crippen molar-refractivity contribution in [3.05, 3.63) is 107 Å². The molecule has 0 atom stereocenters. The smallest absolute Gasteiger partial charge is 0.336 e. The van der Waals surface area contributed by atoms with E-state index < -0.39 is 11.8 Å². The molecule has 0 unspecified atom stereocenters. The largest absolute Gasteiger partial charge is 0.505 e. The molecule has 6 heteroatoms. The first-order valence-corrected chi connectivity index (χ1v) is 9.16. The molecule has 4 rings (SSSR count). The van der Waals surface area contributed by atoms with Crippen molar-refractivity contribution < 1.29 is 24.2 Å². The van der Waals surface area contributed by atoms with Gasteiger partial charge in [0, 0.05) is 17.1 Å². The quantitative estimate of drug-likeness (QED) is 0.477. The van der Waals surface area contributed by atoms with Crippen molar-refractivity contribution in [2.24, 2.45) is 0 Å². The number of nitrogens with zero attached hydrogens (tertiary/aromatic N) is 1. The van der Waals surface area contributed by atoms with Gasteiger partial charge in [-0.05, 0) is 41.8 Å². The molecule has 0 aliphatic rings. The van der Waals surface area contributed by atoms with E-state index in [9.17, 15) is 24.2 Å². The predicted molar refractivity (Wildman–Crippen MR) is 109 cm³/mol. The van der Waals surface area contributed by atoms with Gasteiger partial charge in [0.15, 0.2) is 11.5 Å². The minimum absolute atomic E-state index is 0.0389. The molecule has 0 aliphatic heterocycles. The summed E-state index contributed by atoms with van der Waals surface area (Å²) >= 11 is 0. The maximum atomic E-state index is 13.1. The lowest BCUT2D eigenvalue weighted by Crippen LogP contribution is -2.07. The molecule has 0 amide bonds. The minimum atomic E-state index is -1.23. The third-order valence-electron chi connectivity index (χ3n) is 4.84. The number of carbonyl (C=O) groups excluding carboxylic acids is 1. The fraction of sp³-hybridized carbons (Fsp3) is 0.0417. The number of phenolic OH excluding ortho intramolecular Hbond substituents is 1. The molecular weight excluding hydrogens is 385 g/mol. The summed E-state index contributed by atoms with van der Waals surface area (Å²) in [6, 6.07) is 17.1. The van der Waals surface area contributed by atoms with E-state index in [1.807, 2.05) is 0 Å². The van der Waals surface area contributed by atoms with Gasteiger partial charge >= 0.3 is 5.97 Å². The number of carboxylic acids is 1. The Kier molecular flexibility index (Phi) is 4.98. The number of hydrogen-bond acceptors (Lipinski definition) is 4. The highest BCUT2D eigenvalue weighted by Gasteiger charge is 2.22. The number of carboxylic acid groups (broad SMARTS) is 1. The van der Waals surface area contributed by atoms with Gasteiger partial charge in [-0.25, -0.2) is 9.18 Å². The lowest BCUT2D eigenvalue weighted by molar-refractivity contribution is 0.0699. The standard InChI is InChI=1S/C24H16FNO4/c25-17-8-6-14(7-9-17)10-15-11-18-19(24(29)30)12-20(23(28)21(18)26-13-15)22(27)16-4-2-1-3-5-16/h1-9,11-13,28H,10H2,(H,29,30). The van der Waals surface area contributed by atoms with Gasteiger partial charge in [-0.3, -0.25) is 9.78 Å². The number of pyridine rings is 1. The van der Waals surface area contributed by atoms with Crippen molar-refractivity contribution in [1.29, 1.82) is 0 Å². The van der Waals surface area contributed by atoms with E-state index in [0.717, 1.165) is 5.56 Å². The van der Waals surface area contributed by atoms with Gasteiger partial charge in [0.05, 0.1) is 11.1 Å². The van der Waals surface area contributed by atoms with Gasteiger partial charge in [-0.2, -0.15) is 0 Å². The number of hydrogen-bond donors (Lipinski definition) is 2. The molecule has 0 spiro atoms. The maximum Gasteiger partial charge on any atom is 0.336 e. The number of rotatable bonds is 5. The zero-order chi connectivity index (χ0) is 21.3. The second-order valence-electron chi connectivity index (χ2n) is 6.86. The van der Waals surface area contributed by atoms with Gasteiger partial charge in [-0.1, -0.05) is 42.5 Å². The molecular formula is C24H16FNO4. The average molecular weight is 401 g/mol. The van der Waals surface area contributed by atoms with Crippen LogP contribution in [0.3, 0.4) is 0 Å². The molecule has 0 fully saturated rings. The van der Waals surface area contributed by atoms with Crippen molar-refractivity contribution in [3.8, 4) is 5.75 Å². The molecule has 30 heavy (non-hydrogen) atoms. The van der Waals surface area contributed by atoms with Crippen LogP contribution in [0.1, 0.15) is 37.4 Å². The molecule has 4 aromatic rings. The zero-order valence-corrected chi connectivity index (χ0v) is 15.7. The molecule has 1 aromatic heterocycles. The molecule has 0 saturated heterocycles. The number of carbonyl (C=O) groups is 2. The van der Waals surface area contributed by atoms with Crippen LogP contribution in [0.25, 0.3) is 10.9 Å². The summed E-state index contributed by atoms with van der Waals surface area (Å²) in [6.07, 6.45) is 1.92. The summed E-state index contributed by atoms with van der Waals surface area (Å²) in [4.78, 5) is 28.9. The second-order valence-corrected chi connectivity index (χ2v) is 6.86. The number of fused-ring (bicyclic) bond motifs is 1. The summed E-state index contributed by atoms with van der Waals surface area (Å²) in [6.45, 7) is 0. The summed E-state index contributed by atoms with van der Waals surface area (Å²) in [5.41, 5.74) is 1.64. The molecule has 3 aromatic carbocycles. The van der Waals surface area contributed by atoms with Crippen LogP contribution >= 0.6 is 0 Å². The fourth-order valence-electron chi connectivity index (χ4n) is 3.35. The highest BCUT2D eigenvalue weighted by atomic mass is 19.1. The number of aromatic hydroxyl groups is 1. The van der Waals surface area contributed by atoms with Crippen LogP contribution < -0.4 is 0 Å². The van der Waals surface area contributed by atoms with Crippen LogP contribution in [-0.2, 0) is 6.42 Å². The van der Waals surface area contributed by atoms with Crippen molar-refractivity contribution in [2.45, 2.75) is 6.42 Å². The number of ketones is 1. The SMILES string of the molecule is O=C(c1ccccc1)c1cc(C(=O)O)c2cc(Cc3ccc(F)cc3)cnc2c1O. The number of aromatic nitrogens is 1. The Morgan fingerprint density at radius 1 is 0.900 bits per heavy atom. The van der Waals surface area contributed by atoms with Crippen LogP contribution in [0.5, 0.6) is 5.75 Å². The first-order chi connectivity index (χ1) is 14.4. The molecule has 1 heterocycles. The van der Waals surface area contributed by atoms with Crippen LogP contribution in [-0.4, -0.2) is 26.9 Å². The Labute approximate surface area is 171 Å². The lowest BCUT2D eigenvalue weighted by atomic mass is 9.95. The second kappa shape index (κ2) is 7.75.